The average molecular weight is 430 g/mol. The summed E-state index contributed by atoms with van der Waals surface area (Å²) in [6.45, 7) is 0.223. The van der Waals surface area contributed by atoms with E-state index in [-0.39, 0.29) is 12.7 Å². The first-order valence-electron chi connectivity index (χ1n) is 7.65. The molecule has 1 N–H and O–H groups in total. The number of benzene rings is 2. The van der Waals surface area contributed by atoms with Gasteiger partial charge in [0.1, 0.15) is 5.01 Å². The van der Waals surface area contributed by atoms with Crippen molar-refractivity contribution in [3.8, 4) is 22.1 Å². The molecule has 6 nitrogen and oxygen atoms in total. The second kappa shape index (κ2) is 7.27. The number of carbonyl (C=O) groups excluding carboxylic acids is 1. The van der Waals surface area contributed by atoms with Gasteiger partial charge < -0.3 is 9.47 Å². The highest BCUT2D eigenvalue weighted by atomic mass is 79.9. The zero-order valence-electron chi connectivity index (χ0n) is 13.3. The topological polar surface area (TPSA) is 73.3 Å². The highest BCUT2D eigenvalue weighted by Gasteiger charge is 2.12. The molecule has 0 spiro atoms. The fourth-order valence-electron chi connectivity index (χ4n) is 2.32. The van der Waals surface area contributed by atoms with Crippen LogP contribution in [0.2, 0.25) is 0 Å². The normalized spacial score (nSPS) is 12.5. The Kier molecular flexibility index (Phi) is 4.68. The van der Waals surface area contributed by atoms with E-state index in [9.17, 15) is 4.79 Å². The molecule has 0 atom stereocenters. The number of rotatable bonds is 4. The summed E-state index contributed by atoms with van der Waals surface area (Å²) in [6, 6.07) is 13.2. The summed E-state index contributed by atoms with van der Waals surface area (Å²) in [5, 5.41) is 12.0. The number of ether oxygens (including phenoxy) is 2. The molecule has 2 heterocycles. The van der Waals surface area contributed by atoms with Crippen molar-refractivity contribution < 1.29 is 14.3 Å². The lowest BCUT2D eigenvalue weighted by Crippen LogP contribution is -2.07. The van der Waals surface area contributed by atoms with E-state index in [2.05, 4.69) is 31.4 Å². The van der Waals surface area contributed by atoms with E-state index in [1.165, 1.54) is 17.4 Å². The molecule has 0 bridgehead atoms. The SMILES string of the molecule is O=C(/C=C\c1ccc2c(c1)OCO2)Nc1nnc(-c2ccc(Br)cc2)s1. The number of hydrogen-bond donors (Lipinski definition) is 1. The quantitative estimate of drug-likeness (QED) is 0.624. The van der Waals surface area contributed by atoms with Crippen LogP contribution in [-0.2, 0) is 4.79 Å². The summed E-state index contributed by atoms with van der Waals surface area (Å²) in [7, 11) is 0. The van der Waals surface area contributed by atoms with E-state index < -0.39 is 0 Å². The van der Waals surface area contributed by atoms with Crippen LogP contribution in [0, 0.1) is 0 Å². The smallest absolute Gasteiger partial charge is 0.250 e. The fourth-order valence-corrected chi connectivity index (χ4v) is 3.33. The highest BCUT2D eigenvalue weighted by Crippen LogP contribution is 2.33. The largest absolute Gasteiger partial charge is 0.454 e. The zero-order chi connectivity index (χ0) is 17.9. The van der Waals surface area contributed by atoms with E-state index in [0.717, 1.165) is 20.6 Å². The number of hydrogen-bond acceptors (Lipinski definition) is 6. The summed E-state index contributed by atoms with van der Waals surface area (Å²) in [5.41, 5.74) is 1.79. The second-order valence-electron chi connectivity index (χ2n) is 5.35. The van der Waals surface area contributed by atoms with E-state index >= 15 is 0 Å². The van der Waals surface area contributed by atoms with Gasteiger partial charge in [-0.2, -0.15) is 0 Å². The minimum atomic E-state index is -0.277. The van der Waals surface area contributed by atoms with Gasteiger partial charge in [-0.1, -0.05) is 45.5 Å². The lowest BCUT2D eigenvalue weighted by molar-refractivity contribution is -0.111. The molecule has 8 heteroatoms. The van der Waals surface area contributed by atoms with Crippen LogP contribution in [0.4, 0.5) is 5.13 Å². The van der Waals surface area contributed by atoms with Gasteiger partial charge in [0.25, 0.3) is 0 Å². The maximum Gasteiger partial charge on any atom is 0.250 e. The molecule has 1 aromatic heterocycles. The minimum absolute atomic E-state index is 0.223. The molecule has 0 fully saturated rings. The number of fused-ring (bicyclic) bond motifs is 1. The van der Waals surface area contributed by atoms with Crippen LogP contribution >= 0.6 is 27.3 Å². The molecular formula is C18H12BrN3O3S. The number of aromatic nitrogens is 2. The Morgan fingerprint density at radius 1 is 1.12 bits per heavy atom. The third-order valence-electron chi connectivity index (χ3n) is 3.57. The Balaban J connectivity index is 1.41. The summed E-state index contributed by atoms with van der Waals surface area (Å²) >= 11 is 4.71. The predicted octanol–water partition coefficient (Wildman–Crippen LogP) is 4.35. The van der Waals surface area contributed by atoms with Crippen LogP contribution < -0.4 is 14.8 Å². The van der Waals surface area contributed by atoms with Crippen molar-refractivity contribution in [3.05, 3.63) is 58.6 Å². The Labute approximate surface area is 161 Å². The van der Waals surface area contributed by atoms with Gasteiger partial charge in [0.15, 0.2) is 11.5 Å². The summed E-state index contributed by atoms with van der Waals surface area (Å²) in [5.74, 6) is 1.11. The maximum absolute atomic E-state index is 12.1. The molecule has 26 heavy (non-hydrogen) atoms. The van der Waals surface area contributed by atoms with Crippen molar-refractivity contribution >= 4 is 44.4 Å². The summed E-state index contributed by atoms with van der Waals surface area (Å²) < 4.78 is 11.6. The third-order valence-corrected chi connectivity index (χ3v) is 4.99. The van der Waals surface area contributed by atoms with Gasteiger partial charge >= 0.3 is 0 Å². The molecule has 0 aliphatic carbocycles. The van der Waals surface area contributed by atoms with E-state index in [0.29, 0.717) is 16.6 Å². The molecule has 130 valence electrons. The van der Waals surface area contributed by atoms with Crippen molar-refractivity contribution in [1.29, 1.82) is 0 Å². The van der Waals surface area contributed by atoms with Gasteiger partial charge in [0.2, 0.25) is 17.8 Å². The molecule has 0 saturated carbocycles. The Morgan fingerprint density at radius 3 is 2.77 bits per heavy atom. The van der Waals surface area contributed by atoms with Crippen LogP contribution in [-0.4, -0.2) is 22.9 Å². The van der Waals surface area contributed by atoms with Gasteiger partial charge in [-0.05, 0) is 35.9 Å². The van der Waals surface area contributed by atoms with Crippen LogP contribution in [0.1, 0.15) is 5.56 Å². The molecule has 0 saturated heterocycles. The molecule has 3 aromatic rings. The lowest BCUT2D eigenvalue weighted by atomic mass is 10.2. The molecule has 1 aliphatic heterocycles. The molecular weight excluding hydrogens is 418 g/mol. The fraction of sp³-hybridized carbons (Fsp3) is 0.0556. The van der Waals surface area contributed by atoms with Gasteiger partial charge in [0, 0.05) is 16.1 Å². The number of nitrogens with one attached hydrogen (secondary N) is 1. The van der Waals surface area contributed by atoms with Crippen LogP contribution in [0.25, 0.3) is 16.6 Å². The first-order chi connectivity index (χ1) is 12.7. The van der Waals surface area contributed by atoms with Gasteiger partial charge in [0.05, 0.1) is 0 Å². The van der Waals surface area contributed by atoms with E-state index in [4.69, 9.17) is 9.47 Å². The van der Waals surface area contributed by atoms with Crippen molar-refractivity contribution in [2.24, 2.45) is 0 Å². The molecule has 0 radical (unpaired) electrons. The van der Waals surface area contributed by atoms with Crippen molar-refractivity contribution in [2.75, 3.05) is 12.1 Å². The minimum Gasteiger partial charge on any atom is -0.454 e. The van der Waals surface area contributed by atoms with Crippen LogP contribution in [0.5, 0.6) is 11.5 Å². The first kappa shape index (κ1) is 16.7. The Hall–Kier alpha value is -2.71. The number of halogens is 1. The molecule has 2 aromatic carbocycles. The van der Waals surface area contributed by atoms with Crippen LogP contribution in [0.3, 0.4) is 0 Å². The number of nitrogens with zero attached hydrogens (tertiary/aromatic N) is 2. The summed E-state index contributed by atoms with van der Waals surface area (Å²) in [4.78, 5) is 12.1. The first-order valence-corrected chi connectivity index (χ1v) is 9.26. The van der Waals surface area contributed by atoms with Crippen molar-refractivity contribution in [2.45, 2.75) is 0 Å². The highest BCUT2D eigenvalue weighted by molar-refractivity contribution is 9.10. The Morgan fingerprint density at radius 2 is 1.92 bits per heavy atom. The molecule has 4 rings (SSSR count). The van der Waals surface area contributed by atoms with Gasteiger partial charge in [-0.15, -0.1) is 10.2 Å². The molecule has 0 unspecified atom stereocenters. The number of anilines is 1. The lowest BCUT2D eigenvalue weighted by Gasteiger charge is -1.98. The summed E-state index contributed by atoms with van der Waals surface area (Å²) in [6.07, 6.45) is 3.15. The monoisotopic (exact) mass is 429 g/mol. The second-order valence-corrected chi connectivity index (χ2v) is 7.25. The Bertz CT molecular complexity index is 986. The zero-order valence-corrected chi connectivity index (χ0v) is 15.7. The number of amides is 1. The van der Waals surface area contributed by atoms with E-state index in [1.54, 1.807) is 6.08 Å². The maximum atomic E-state index is 12.1. The number of carbonyl (C=O) groups is 1. The predicted molar refractivity (Wildman–Crippen MR) is 103 cm³/mol. The van der Waals surface area contributed by atoms with Gasteiger partial charge in [-0.3, -0.25) is 10.1 Å². The molecule has 1 amide bonds. The van der Waals surface area contributed by atoms with Crippen LogP contribution in [0.15, 0.2) is 53.0 Å². The van der Waals surface area contributed by atoms with Crippen molar-refractivity contribution in [3.63, 3.8) is 0 Å². The molecule has 1 aliphatic rings. The van der Waals surface area contributed by atoms with Crippen molar-refractivity contribution in [1.82, 2.24) is 10.2 Å². The van der Waals surface area contributed by atoms with E-state index in [1.807, 2.05) is 42.5 Å². The van der Waals surface area contributed by atoms with Gasteiger partial charge in [-0.25, -0.2) is 0 Å². The average Bonchev–Trinajstić information content (AvgIpc) is 3.29. The standard InChI is InChI=1S/C18H12BrN3O3S/c19-13-5-3-12(4-6-13)17-21-22-18(26-17)20-16(23)8-2-11-1-7-14-15(9-11)25-10-24-14/h1-9H,10H2,(H,20,22,23)/b8-2-. The third kappa shape index (κ3) is 3.76.